The number of rotatable bonds is 7. The average molecular weight is 404 g/mol. The van der Waals surface area contributed by atoms with Crippen LogP contribution in [0.15, 0.2) is 53.4 Å². The zero-order valence-corrected chi connectivity index (χ0v) is 16.8. The van der Waals surface area contributed by atoms with Crippen LogP contribution in [0.25, 0.3) is 10.2 Å². The smallest absolute Gasteiger partial charge is 0.241 e. The summed E-state index contributed by atoms with van der Waals surface area (Å²) in [5.41, 5.74) is 1.77. The molecule has 0 fully saturated rings. The maximum Gasteiger partial charge on any atom is 0.241 e. The van der Waals surface area contributed by atoms with Gasteiger partial charge in [0.1, 0.15) is 0 Å². The number of aromatic nitrogens is 1. The van der Waals surface area contributed by atoms with Gasteiger partial charge in [0.2, 0.25) is 15.9 Å². The number of fused-ring (bicyclic) bond motifs is 1. The highest BCUT2D eigenvalue weighted by atomic mass is 32.2. The number of aryl methyl sites for hydroxylation is 1. The first-order chi connectivity index (χ1) is 12.9. The maximum atomic E-state index is 12.6. The van der Waals surface area contributed by atoms with Crippen molar-refractivity contribution in [1.82, 2.24) is 14.6 Å². The van der Waals surface area contributed by atoms with E-state index < -0.39 is 10.0 Å². The molecule has 2 aromatic carbocycles. The van der Waals surface area contributed by atoms with Gasteiger partial charge in [-0.25, -0.2) is 18.1 Å². The molecule has 0 aliphatic heterocycles. The molecule has 0 bridgehead atoms. The number of thiazole rings is 1. The molecule has 3 aromatic rings. The van der Waals surface area contributed by atoms with Crippen LogP contribution in [-0.2, 0) is 21.4 Å². The van der Waals surface area contributed by atoms with Crippen LogP contribution in [0, 0.1) is 6.92 Å². The van der Waals surface area contributed by atoms with E-state index >= 15 is 0 Å². The highest BCUT2D eigenvalue weighted by Gasteiger charge is 2.19. The van der Waals surface area contributed by atoms with Crippen LogP contribution in [-0.4, -0.2) is 37.3 Å². The average Bonchev–Trinajstić information content (AvgIpc) is 3.04. The van der Waals surface area contributed by atoms with Gasteiger partial charge >= 0.3 is 0 Å². The normalized spacial score (nSPS) is 11.6. The number of hydrogen-bond acceptors (Lipinski definition) is 5. The fraction of sp³-hybridized carbons (Fsp3) is 0.263. The minimum absolute atomic E-state index is 0.137. The van der Waals surface area contributed by atoms with Crippen molar-refractivity contribution in [3.63, 3.8) is 0 Å². The van der Waals surface area contributed by atoms with E-state index in [1.807, 2.05) is 44.2 Å². The highest BCUT2D eigenvalue weighted by molar-refractivity contribution is 7.89. The van der Waals surface area contributed by atoms with Gasteiger partial charge in [-0.15, -0.1) is 11.3 Å². The lowest BCUT2D eigenvalue weighted by atomic mass is 10.2. The second-order valence-corrected chi connectivity index (χ2v) is 9.08. The molecule has 3 rings (SSSR count). The third-order valence-corrected chi connectivity index (χ3v) is 6.47. The first-order valence-electron chi connectivity index (χ1n) is 8.57. The van der Waals surface area contributed by atoms with E-state index in [-0.39, 0.29) is 17.3 Å². The largest absolute Gasteiger partial charge is 0.338 e. The summed E-state index contributed by atoms with van der Waals surface area (Å²) in [4.78, 5) is 18.5. The minimum atomic E-state index is -3.77. The third-order valence-electron chi connectivity index (χ3n) is 4.14. The molecule has 142 valence electrons. The zero-order valence-electron chi connectivity index (χ0n) is 15.2. The van der Waals surface area contributed by atoms with Crippen molar-refractivity contribution < 1.29 is 13.2 Å². The van der Waals surface area contributed by atoms with Gasteiger partial charge in [0.15, 0.2) is 0 Å². The van der Waals surface area contributed by atoms with E-state index in [2.05, 4.69) is 9.71 Å². The van der Waals surface area contributed by atoms with Gasteiger partial charge < -0.3 is 4.90 Å². The van der Waals surface area contributed by atoms with Gasteiger partial charge in [-0.2, -0.15) is 0 Å². The molecule has 8 heteroatoms. The monoisotopic (exact) mass is 403 g/mol. The van der Waals surface area contributed by atoms with Gasteiger partial charge in [-0.1, -0.05) is 30.3 Å². The number of nitrogens with zero attached hydrogens (tertiary/aromatic N) is 2. The van der Waals surface area contributed by atoms with E-state index in [1.165, 1.54) is 17.4 Å². The summed E-state index contributed by atoms with van der Waals surface area (Å²) < 4.78 is 28.3. The topological polar surface area (TPSA) is 79.4 Å². The van der Waals surface area contributed by atoms with E-state index in [0.717, 1.165) is 20.8 Å². The van der Waals surface area contributed by atoms with Crippen molar-refractivity contribution in [3.8, 4) is 0 Å². The number of carbonyl (C=O) groups excluding carboxylic acids is 1. The Hall–Kier alpha value is -2.29. The molecule has 0 saturated carbocycles. The summed E-state index contributed by atoms with van der Waals surface area (Å²) >= 11 is 1.44. The summed E-state index contributed by atoms with van der Waals surface area (Å²) in [5.74, 6) is -0.264. The Balaban J connectivity index is 1.68. The molecule has 0 aliphatic carbocycles. The highest BCUT2D eigenvalue weighted by Crippen LogP contribution is 2.24. The molecule has 0 radical (unpaired) electrons. The molecule has 0 atom stereocenters. The van der Waals surface area contributed by atoms with Crippen LogP contribution in [0.4, 0.5) is 0 Å². The Bertz CT molecular complexity index is 1050. The van der Waals surface area contributed by atoms with E-state index in [0.29, 0.717) is 13.1 Å². The standard InChI is InChI=1S/C19H21N3O3S2/c1-3-22(13-15-7-5-4-6-8-15)19(23)12-20-27(24,25)16-9-10-17-18(11-16)26-14(2)21-17/h4-11,20H,3,12-13H2,1-2H3. The lowest BCUT2D eigenvalue weighted by molar-refractivity contribution is -0.130. The lowest BCUT2D eigenvalue weighted by Crippen LogP contribution is -2.39. The van der Waals surface area contributed by atoms with Crippen LogP contribution in [0.2, 0.25) is 0 Å². The summed E-state index contributed by atoms with van der Waals surface area (Å²) in [5, 5.41) is 0.877. The first-order valence-corrected chi connectivity index (χ1v) is 10.9. The second-order valence-electron chi connectivity index (χ2n) is 6.08. The van der Waals surface area contributed by atoms with Crippen LogP contribution in [0.1, 0.15) is 17.5 Å². The Kier molecular flexibility index (Phi) is 5.88. The number of benzene rings is 2. The zero-order chi connectivity index (χ0) is 19.4. The lowest BCUT2D eigenvalue weighted by Gasteiger charge is -2.21. The summed E-state index contributed by atoms with van der Waals surface area (Å²) in [6, 6.07) is 14.4. The van der Waals surface area contributed by atoms with Crippen molar-refractivity contribution in [1.29, 1.82) is 0 Å². The molecule has 1 amide bonds. The Labute approximate surface area is 162 Å². The number of nitrogens with one attached hydrogen (secondary N) is 1. The van der Waals surface area contributed by atoms with Crippen LogP contribution >= 0.6 is 11.3 Å². The van der Waals surface area contributed by atoms with E-state index in [4.69, 9.17) is 0 Å². The van der Waals surface area contributed by atoms with Gasteiger partial charge in [0.25, 0.3) is 0 Å². The molecule has 0 saturated heterocycles. The molecular formula is C19H21N3O3S2. The second kappa shape index (κ2) is 8.16. The number of sulfonamides is 1. The minimum Gasteiger partial charge on any atom is -0.338 e. The van der Waals surface area contributed by atoms with Crippen molar-refractivity contribution in [2.45, 2.75) is 25.3 Å². The Morgan fingerprint density at radius 1 is 1.19 bits per heavy atom. The van der Waals surface area contributed by atoms with Crippen LogP contribution < -0.4 is 4.72 Å². The van der Waals surface area contributed by atoms with Gasteiger partial charge in [0.05, 0.1) is 26.7 Å². The molecular weight excluding hydrogens is 382 g/mol. The maximum absolute atomic E-state index is 12.6. The number of likely N-dealkylation sites (N-methyl/N-ethyl adjacent to an activating group) is 1. The molecule has 0 aliphatic rings. The van der Waals surface area contributed by atoms with Crippen LogP contribution in [0.3, 0.4) is 0 Å². The Morgan fingerprint density at radius 3 is 2.63 bits per heavy atom. The third kappa shape index (κ3) is 4.71. The van der Waals surface area contributed by atoms with Crippen molar-refractivity contribution in [3.05, 3.63) is 59.1 Å². The molecule has 0 spiro atoms. The van der Waals surface area contributed by atoms with E-state index in [9.17, 15) is 13.2 Å². The Morgan fingerprint density at radius 2 is 1.93 bits per heavy atom. The molecule has 0 unspecified atom stereocenters. The molecule has 27 heavy (non-hydrogen) atoms. The summed E-state index contributed by atoms with van der Waals surface area (Å²) in [6.07, 6.45) is 0. The van der Waals surface area contributed by atoms with Crippen LogP contribution in [0.5, 0.6) is 0 Å². The predicted molar refractivity (Wildman–Crippen MR) is 107 cm³/mol. The SMILES string of the molecule is CCN(Cc1ccccc1)C(=O)CNS(=O)(=O)c1ccc2nc(C)sc2c1. The predicted octanol–water partition coefficient (Wildman–Crippen LogP) is 2.93. The molecule has 1 N–H and O–H groups in total. The summed E-state index contributed by atoms with van der Waals surface area (Å²) in [7, 11) is -3.77. The van der Waals surface area contributed by atoms with Gasteiger partial charge in [0, 0.05) is 13.1 Å². The quantitative estimate of drug-likeness (QED) is 0.658. The van der Waals surface area contributed by atoms with Crippen molar-refractivity contribution in [2.75, 3.05) is 13.1 Å². The molecule has 1 heterocycles. The van der Waals surface area contributed by atoms with Gasteiger partial charge in [-0.3, -0.25) is 4.79 Å². The summed E-state index contributed by atoms with van der Waals surface area (Å²) in [6.45, 7) is 4.42. The number of carbonyl (C=O) groups is 1. The van der Waals surface area contributed by atoms with E-state index in [1.54, 1.807) is 17.0 Å². The number of amides is 1. The first kappa shape index (κ1) is 19.5. The molecule has 6 nitrogen and oxygen atoms in total. The number of hydrogen-bond donors (Lipinski definition) is 1. The fourth-order valence-corrected chi connectivity index (χ4v) is 4.66. The molecule has 1 aromatic heterocycles. The van der Waals surface area contributed by atoms with Gasteiger partial charge in [-0.05, 0) is 37.6 Å². The van der Waals surface area contributed by atoms with Crippen molar-refractivity contribution >= 4 is 37.5 Å². The fourth-order valence-electron chi connectivity index (χ4n) is 2.72. The van der Waals surface area contributed by atoms with Crippen molar-refractivity contribution in [2.24, 2.45) is 0 Å².